The molecule has 7 heteroatoms. The first-order chi connectivity index (χ1) is 9.61. The number of rotatable bonds is 3. The Hall–Kier alpha value is -2.46. The maximum Gasteiger partial charge on any atom is 0.270 e. The van der Waals surface area contributed by atoms with Crippen LogP contribution in [0.5, 0.6) is 0 Å². The number of nitro groups is 1. The Bertz CT molecular complexity index is 573. The van der Waals surface area contributed by atoms with Crippen LogP contribution in [0.3, 0.4) is 0 Å². The molecule has 0 aliphatic carbocycles. The van der Waals surface area contributed by atoms with Crippen molar-refractivity contribution in [3.8, 4) is 6.07 Å². The van der Waals surface area contributed by atoms with E-state index < -0.39 is 4.92 Å². The van der Waals surface area contributed by atoms with Crippen LogP contribution < -0.4 is 10.6 Å². The number of hydrogen-bond donors (Lipinski definition) is 2. The smallest absolute Gasteiger partial charge is 0.270 e. The molecule has 1 aliphatic heterocycles. The molecule has 1 aromatic rings. The normalized spacial score (nSPS) is 18.1. The van der Waals surface area contributed by atoms with Gasteiger partial charge in [-0.3, -0.25) is 14.9 Å². The fourth-order valence-corrected chi connectivity index (χ4v) is 2.14. The second-order valence-electron chi connectivity index (χ2n) is 4.59. The van der Waals surface area contributed by atoms with Crippen LogP contribution in [-0.2, 0) is 4.79 Å². The Morgan fingerprint density at radius 3 is 2.90 bits per heavy atom. The van der Waals surface area contributed by atoms with E-state index in [4.69, 9.17) is 5.26 Å². The Labute approximate surface area is 115 Å². The van der Waals surface area contributed by atoms with E-state index in [1.807, 2.05) is 6.07 Å². The highest BCUT2D eigenvalue weighted by molar-refractivity contribution is 5.96. The van der Waals surface area contributed by atoms with E-state index in [2.05, 4.69) is 10.6 Å². The fraction of sp³-hybridized carbons (Fsp3) is 0.385. The number of carbonyl (C=O) groups is 1. The molecule has 1 aliphatic rings. The van der Waals surface area contributed by atoms with Gasteiger partial charge in [-0.2, -0.15) is 5.26 Å². The van der Waals surface area contributed by atoms with Crippen molar-refractivity contribution in [3.05, 3.63) is 33.9 Å². The van der Waals surface area contributed by atoms with Gasteiger partial charge in [0, 0.05) is 12.1 Å². The third-order valence-corrected chi connectivity index (χ3v) is 3.22. The summed E-state index contributed by atoms with van der Waals surface area (Å²) < 4.78 is 0. The SMILES string of the molecule is N#Cc1cc([N+](=O)[O-])ccc1NC(=O)[C@H]1CCCCN1. The molecule has 104 valence electrons. The van der Waals surface area contributed by atoms with E-state index in [9.17, 15) is 14.9 Å². The maximum absolute atomic E-state index is 12.0. The van der Waals surface area contributed by atoms with Gasteiger partial charge in [0.25, 0.3) is 5.69 Å². The van der Waals surface area contributed by atoms with Crippen molar-refractivity contribution >= 4 is 17.3 Å². The van der Waals surface area contributed by atoms with E-state index in [0.717, 1.165) is 31.9 Å². The predicted octanol–water partition coefficient (Wildman–Crippen LogP) is 1.55. The zero-order valence-corrected chi connectivity index (χ0v) is 10.8. The van der Waals surface area contributed by atoms with Gasteiger partial charge in [0.1, 0.15) is 6.07 Å². The van der Waals surface area contributed by atoms with Crippen LogP contribution in [0, 0.1) is 21.4 Å². The average Bonchev–Trinajstić information content (AvgIpc) is 2.48. The molecule has 0 aromatic heterocycles. The molecule has 20 heavy (non-hydrogen) atoms. The zero-order valence-electron chi connectivity index (χ0n) is 10.8. The third-order valence-electron chi connectivity index (χ3n) is 3.22. The summed E-state index contributed by atoms with van der Waals surface area (Å²) in [6.45, 7) is 0.795. The number of piperidine rings is 1. The first kappa shape index (κ1) is 14.0. The molecule has 7 nitrogen and oxygen atoms in total. The number of nitrogens with one attached hydrogen (secondary N) is 2. The number of carbonyl (C=O) groups excluding carboxylic acids is 1. The van der Waals surface area contributed by atoms with Gasteiger partial charge in [0.15, 0.2) is 0 Å². The lowest BCUT2D eigenvalue weighted by Crippen LogP contribution is -2.43. The number of nitriles is 1. The van der Waals surface area contributed by atoms with E-state index in [0.29, 0.717) is 5.69 Å². The molecule has 1 aromatic carbocycles. The summed E-state index contributed by atoms with van der Waals surface area (Å²) in [5.41, 5.74) is 0.217. The summed E-state index contributed by atoms with van der Waals surface area (Å²) >= 11 is 0. The second kappa shape index (κ2) is 6.12. The van der Waals surface area contributed by atoms with Crippen molar-refractivity contribution in [2.45, 2.75) is 25.3 Å². The molecule has 0 unspecified atom stereocenters. The lowest BCUT2D eigenvalue weighted by Gasteiger charge is -2.22. The fourth-order valence-electron chi connectivity index (χ4n) is 2.14. The summed E-state index contributed by atoms with van der Waals surface area (Å²) in [5, 5.41) is 25.4. The van der Waals surface area contributed by atoms with Crippen molar-refractivity contribution < 1.29 is 9.72 Å². The molecule has 1 saturated heterocycles. The molecule has 1 heterocycles. The van der Waals surface area contributed by atoms with Gasteiger partial charge in [-0.15, -0.1) is 0 Å². The third kappa shape index (κ3) is 3.10. The van der Waals surface area contributed by atoms with E-state index in [1.54, 1.807) is 0 Å². The Kier molecular flexibility index (Phi) is 4.27. The lowest BCUT2D eigenvalue weighted by atomic mass is 10.0. The van der Waals surface area contributed by atoms with Crippen LogP contribution in [-0.4, -0.2) is 23.4 Å². The summed E-state index contributed by atoms with van der Waals surface area (Å²) in [4.78, 5) is 22.1. The minimum absolute atomic E-state index is 0.0864. The number of anilines is 1. The number of benzene rings is 1. The molecule has 2 N–H and O–H groups in total. The summed E-state index contributed by atoms with van der Waals surface area (Å²) in [6, 6.07) is 5.40. The van der Waals surface area contributed by atoms with Crippen LogP contribution in [0.15, 0.2) is 18.2 Å². The second-order valence-corrected chi connectivity index (χ2v) is 4.59. The molecule has 1 fully saturated rings. The first-order valence-corrected chi connectivity index (χ1v) is 6.34. The highest BCUT2D eigenvalue weighted by Gasteiger charge is 2.21. The number of nitrogens with zero attached hydrogens (tertiary/aromatic N) is 2. The number of amides is 1. The lowest BCUT2D eigenvalue weighted by molar-refractivity contribution is -0.384. The summed E-state index contributed by atoms with van der Waals surface area (Å²) in [7, 11) is 0. The van der Waals surface area contributed by atoms with Gasteiger partial charge in [-0.25, -0.2) is 0 Å². The van der Waals surface area contributed by atoms with Crippen molar-refractivity contribution in [1.82, 2.24) is 5.32 Å². The van der Waals surface area contributed by atoms with Gasteiger partial charge in [-0.05, 0) is 25.5 Å². The molecule has 1 amide bonds. The van der Waals surface area contributed by atoms with Crippen molar-refractivity contribution in [2.24, 2.45) is 0 Å². The number of non-ortho nitro benzene ring substituents is 1. The van der Waals surface area contributed by atoms with Crippen molar-refractivity contribution in [1.29, 1.82) is 5.26 Å². The standard InChI is InChI=1S/C13H14N4O3/c14-8-9-7-10(17(19)20)4-5-11(9)16-13(18)12-3-1-2-6-15-12/h4-5,7,12,15H,1-3,6H2,(H,16,18)/t12-/m1/s1. The summed E-state index contributed by atoms with van der Waals surface area (Å²) in [6.07, 6.45) is 2.78. The highest BCUT2D eigenvalue weighted by atomic mass is 16.6. The molecule has 0 radical (unpaired) electrons. The molecule has 0 bridgehead atoms. The minimum atomic E-state index is -0.574. The van der Waals surface area contributed by atoms with E-state index in [-0.39, 0.29) is 23.2 Å². The van der Waals surface area contributed by atoms with E-state index >= 15 is 0 Å². The van der Waals surface area contributed by atoms with Crippen LogP contribution in [0.4, 0.5) is 11.4 Å². The van der Waals surface area contributed by atoms with E-state index in [1.165, 1.54) is 12.1 Å². The van der Waals surface area contributed by atoms with Crippen LogP contribution in [0.25, 0.3) is 0 Å². The topological polar surface area (TPSA) is 108 Å². The number of nitro benzene ring substituents is 1. The minimum Gasteiger partial charge on any atom is -0.324 e. The Balaban J connectivity index is 2.14. The average molecular weight is 274 g/mol. The summed E-state index contributed by atoms with van der Waals surface area (Å²) in [5.74, 6) is -0.213. The van der Waals surface area contributed by atoms with Crippen molar-refractivity contribution in [2.75, 3.05) is 11.9 Å². The Morgan fingerprint density at radius 1 is 1.50 bits per heavy atom. The molecular formula is C13H14N4O3. The van der Waals surface area contributed by atoms with Gasteiger partial charge in [-0.1, -0.05) is 6.42 Å². The maximum atomic E-state index is 12.0. The predicted molar refractivity (Wildman–Crippen MR) is 72.1 cm³/mol. The molecule has 2 rings (SSSR count). The van der Waals surface area contributed by atoms with Crippen LogP contribution >= 0.6 is 0 Å². The van der Waals surface area contributed by atoms with Crippen LogP contribution in [0.2, 0.25) is 0 Å². The quantitative estimate of drug-likeness (QED) is 0.642. The van der Waals surface area contributed by atoms with Gasteiger partial charge >= 0.3 is 0 Å². The van der Waals surface area contributed by atoms with Gasteiger partial charge < -0.3 is 10.6 Å². The molecule has 1 atom stereocenters. The monoisotopic (exact) mass is 274 g/mol. The molecule has 0 saturated carbocycles. The van der Waals surface area contributed by atoms with Gasteiger partial charge in [0.05, 0.1) is 22.2 Å². The Morgan fingerprint density at radius 2 is 2.30 bits per heavy atom. The first-order valence-electron chi connectivity index (χ1n) is 6.34. The number of hydrogen-bond acceptors (Lipinski definition) is 5. The van der Waals surface area contributed by atoms with Crippen molar-refractivity contribution in [3.63, 3.8) is 0 Å². The highest BCUT2D eigenvalue weighted by Crippen LogP contribution is 2.22. The van der Waals surface area contributed by atoms with Crippen LogP contribution in [0.1, 0.15) is 24.8 Å². The molecular weight excluding hydrogens is 260 g/mol. The largest absolute Gasteiger partial charge is 0.324 e. The zero-order chi connectivity index (χ0) is 14.5. The molecule has 0 spiro atoms. The van der Waals surface area contributed by atoms with Gasteiger partial charge in [0.2, 0.25) is 5.91 Å².